The average molecular weight is 278 g/mol. The van der Waals surface area contributed by atoms with Crippen LogP contribution in [0.3, 0.4) is 0 Å². The first-order chi connectivity index (χ1) is 9.46. The highest BCUT2D eigenvalue weighted by Crippen LogP contribution is 2.40. The number of hydrogen-bond donors (Lipinski definition) is 0. The molecule has 1 aliphatic rings. The lowest BCUT2D eigenvalue weighted by molar-refractivity contribution is -0.153. The van der Waals surface area contributed by atoms with Crippen LogP contribution in [0.25, 0.3) is 0 Å². The van der Waals surface area contributed by atoms with Crippen LogP contribution >= 0.6 is 0 Å². The van der Waals surface area contributed by atoms with Gasteiger partial charge in [0.15, 0.2) is 0 Å². The largest absolute Gasteiger partial charge is 0.465 e. The van der Waals surface area contributed by atoms with E-state index >= 15 is 0 Å². The predicted octanol–water partition coefficient (Wildman–Crippen LogP) is 3.02. The Hall–Kier alpha value is -1.71. The molecule has 0 radical (unpaired) electrons. The van der Waals surface area contributed by atoms with Crippen LogP contribution in [-0.2, 0) is 19.7 Å². The number of benzene rings is 1. The van der Waals surface area contributed by atoms with Gasteiger partial charge in [-0.2, -0.15) is 0 Å². The number of carbonyl (C=O) groups excluding carboxylic acids is 2. The Morgan fingerprint density at radius 2 is 2.25 bits per heavy atom. The summed E-state index contributed by atoms with van der Waals surface area (Å²) in [4.78, 5) is 23.8. The van der Waals surface area contributed by atoms with E-state index in [1.165, 1.54) is 12.1 Å². The highest BCUT2D eigenvalue weighted by atomic mass is 19.1. The van der Waals surface area contributed by atoms with Crippen LogP contribution in [0.15, 0.2) is 24.3 Å². The van der Waals surface area contributed by atoms with E-state index in [2.05, 4.69) is 0 Å². The van der Waals surface area contributed by atoms with E-state index in [9.17, 15) is 14.0 Å². The minimum Gasteiger partial charge on any atom is -0.465 e. The second-order valence-electron chi connectivity index (χ2n) is 5.55. The molecule has 1 fully saturated rings. The molecule has 2 atom stereocenters. The van der Waals surface area contributed by atoms with Gasteiger partial charge in [0.05, 0.1) is 6.61 Å². The van der Waals surface area contributed by atoms with E-state index in [-0.39, 0.29) is 23.6 Å². The lowest BCUT2D eigenvalue weighted by atomic mass is 9.66. The lowest BCUT2D eigenvalue weighted by Crippen LogP contribution is -2.39. The van der Waals surface area contributed by atoms with Crippen molar-refractivity contribution in [3.8, 4) is 0 Å². The third kappa shape index (κ3) is 2.89. The summed E-state index contributed by atoms with van der Waals surface area (Å²) >= 11 is 0. The fourth-order valence-electron chi connectivity index (χ4n) is 2.82. The van der Waals surface area contributed by atoms with E-state index < -0.39 is 11.9 Å². The van der Waals surface area contributed by atoms with Gasteiger partial charge in [0.2, 0.25) is 0 Å². The van der Waals surface area contributed by atoms with Crippen molar-refractivity contribution in [3.63, 3.8) is 0 Å². The third-order valence-corrected chi connectivity index (χ3v) is 4.06. The highest BCUT2D eigenvalue weighted by Gasteiger charge is 2.42. The quantitative estimate of drug-likeness (QED) is 0.630. The van der Waals surface area contributed by atoms with Gasteiger partial charge in [0.1, 0.15) is 17.5 Å². The maximum atomic E-state index is 13.4. The number of rotatable bonds is 3. The van der Waals surface area contributed by atoms with Crippen molar-refractivity contribution >= 4 is 11.8 Å². The second-order valence-corrected chi connectivity index (χ2v) is 5.55. The van der Waals surface area contributed by atoms with Crippen molar-refractivity contribution in [1.82, 2.24) is 0 Å². The fourth-order valence-corrected chi connectivity index (χ4v) is 2.82. The first kappa shape index (κ1) is 14.7. The summed E-state index contributed by atoms with van der Waals surface area (Å²) in [6.07, 6.45) is 1.34. The molecule has 108 valence electrons. The summed E-state index contributed by atoms with van der Waals surface area (Å²) < 4.78 is 18.4. The summed E-state index contributed by atoms with van der Waals surface area (Å²) in [5.74, 6) is -1.55. The third-order valence-electron chi connectivity index (χ3n) is 4.06. The van der Waals surface area contributed by atoms with Gasteiger partial charge in [-0.25, -0.2) is 4.39 Å². The zero-order valence-corrected chi connectivity index (χ0v) is 11.8. The van der Waals surface area contributed by atoms with Gasteiger partial charge in [0, 0.05) is 6.42 Å². The van der Waals surface area contributed by atoms with Crippen molar-refractivity contribution < 1.29 is 18.7 Å². The molecular weight excluding hydrogens is 259 g/mol. The van der Waals surface area contributed by atoms with Crippen molar-refractivity contribution in [2.75, 3.05) is 6.61 Å². The molecule has 3 nitrogen and oxygen atoms in total. The molecule has 0 aromatic heterocycles. The highest BCUT2D eigenvalue weighted by molar-refractivity contribution is 5.99. The van der Waals surface area contributed by atoms with Crippen LogP contribution < -0.4 is 0 Å². The number of carbonyl (C=O) groups is 2. The molecule has 0 amide bonds. The Morgan fingerprint density at radius 3 is 2.90 bits per heavy atom. The Bertz CT molecular complexity index is 526. The summed E-state index contributed by atoms with van der Waals surface area (Å²) in [5.41, 5.74) is 0.465. The molecule has 1 aromatic rings. The SMILES string of the molecule is CCOC(=O)C1CC(C)(c2cccc(F)c2)CCC1=O. The maximum Gasteiger partial charge on any atom is 0.316 e. The van der Waals surface area contributed by atoms with Crippen LogP contribution in [0, 0.1) is 11.7 Å². The van der Waals surface area contributed by atoms with Gasteiger partial charge < -0.3 is 4.74 Å². The normalized spacial score (nSPS) is 26.4. The van der Waals surface area contributed by atoms with E-state index in [0.29, 0.717) is 19.3 Å². The number of ketones is 1. The Labute approximate surface area is 118 Å². The zero-order valence-electron chi connectivity index (χ0n) is 11.8. The van der Waals surface area contributed by atoms with Gasteiger partial charge in [-0.1, -0.05) is 19.1 Å². The Balaban J connectivity index is 2.25. The predicted molar refractivity (Wildman–Crippen MR) is 72.7 cm³/mol. The average Bonchev–Trinajstić information content (AvgIpc) is 2.42. The van der Waals surface area contributed by atoms with E-state index in [4.69, 9.17) is 4.74 Å². The van der Waals surface area contributed by atoms with Crippen molar-refractivity contribution in [2.45, 2.75) is 38.5 Å². The molecule has 4 heteroatoms. The van der Waals surface area contributed by atoms with Crippen LogP contribution in [0.5, 0.6) is 0 Å². The molecule has 2 unspecified atom stereocenters. The molecule has 1 aliphatic carbocycles. The van der Waals surface area contributed by atoms with Crippen molar-refractivity contribution in [2.24, 2.45) is 5.92 Å². The Kier molecular flexibility index (Phi) is 4.21. The fraction of sp³-hybridized carbons (Fsp3) is 0.500. The molecule has 0 spiro atoms. The molecule has 0 N–H and O–H groups in total. The number of ether oxygens (including phenoxy) is 1. The number of hydrogen-bond acceptors (Lipinski definition) is 3. The maximum absolute atomic E-state index is 13.4. The van der Waals surface area contributed by atoms with Crippen molar-refractivity contribution in [1.29, 1.82) is 0 Å². The standard InChI is InChI=1S/C16H19FO3/c1-3-20-15(19)13-10-16(2,8-7-14(13)18)11-5-4-6-12(17)9-11/h4-6,9,13H,3,7-8,10H2,1-2H3. The topological polar surface area (TPSA) is 43.4 Å². The molecule has 0 aliphatic heterocycles. The molecule has 20 heavy (non-hydrogen) atoms. The molecule has 0 bridgehead atoms. The van der Waals surface area contributed by atoms with Gasteiger partial charge in [-0.05, 0) is 42.9 Å². The molecule has 1 aromatic carbocycles. The first-order valence-corrected chi connectivity index (χ1v) is 6.91. The second kappa shape index (κ2) is 5.73. The van der Waals surface area contributed by atoms with Crippen LogP contribution in [0.1, 0.15) is 38.7 Å². The molecule has 0 saturated heterocycles. The number of halogens is 1. The minimum absolute atomic E-state index is 0.0719. The molecule has 0 heterocycles. The van der Waals surface area contributed by atoms with Crippen molar-refractivity contribution in [3.05, 3.63) is 35.6 Å². The number of Topliss-reactive ketones (excluding diaryl/α,β-unsaturated/α-hetero) is 1. The summed E-state index contributed by atoms with van der Waals surface area (Å²) in [7, 11) is 0. The lowest BCUT2D eigenvalue weighted by Gasteiger charge is -2.36. The van der Waals surface area contributed by atoms with Gasteiger partial charge >= 0.3 is 5.97 Å². The summed E-state index contributed by atoms with van der Waals surface area (Å²) in [6.45, 7) is 3.96. The Morgan fingerprint density at radius 1 is 1.50 bits per heavy atom. The van der Waals surface area contributed by atoms with Gasteiger partial charge in [0.25, 0.3) is 0 Å². The first-order valence-electron chi connectivity index (χ1n) is 6.91. The van der Waals surface area contributed by atoms with E-state index in [0.717, 1.165) is 5.56 Å². The van der Waals surface area contributed by atoms with E-state index in [1.54, 1.807) is 13.0 Å². The molecule has 2 rings (SSSR count). The van der Waals surface area contributed by atoms with Gasteiger partial charge in [-0.3, -0.25) is 9.59 Å². The molecule has 1 saturated carbocycles. The molecular formula is C16H19FO3. The monoisotopic (exact) mass is 278 g/mol. The van der Waals surface area contributed by atoms with Gasteiger partial charge in [-0.15, -0.1) is 0 Å². The smallest absolute Gasteiger partial charge is 0.316 e. The summed E-state index contributed by atoms with van der Waals surface area (Å²) in [6, 6.07) is 6.38. The van der Waals surface area contributed by atoms with E-state index in [1.807, 2.05) is 13.0 Å². The summed E-state index contributed by atoms with van der Waals surface area (Å²) in [5, 5.41) is 0. The van der Waals surface area contributed by atoms with Crippen LogP contribution in [0.4, 0.5) is 4.39 Å². The van der Waals surface area contributed by atoms with Crippen LogP contribution in [0.2, 0.25) is 0 Å². The van der Waals surface area contributed by atoms with Crippen LogP contribution in [-0.4, -0.2) is 18.4 Å². The zero-order chi connectivity index (χ0) is 14.8. The minimum atomic E-state index is -0.725. The number of esters is 1.